The van der Waals surface area contributed by atoms with Gasteiger partial charge in [-0.3, -0.25) is 5.32 Å². The third-order valence-electron chi connectivity index (χ3n) is 2.46. The summed E-state index contributed by atoms with van der Waals surface area (Å²) in [5.74, 6) is 0.395. The summed E-state index contributed by atoms with van der Waals surface area (Å²) in [6.07, 6.45) is -0.511. The molecule has 0 aliphatic carbocycles. The molecule has 1 rings (SSSR count). The first-order chi connectivity index (χ1) is 10.2. The Morgan fingerprint density at radius 2 is 1.55 bits per heavy atom. The van der Waals surface area contributed by atoms with E-state index in [4.69, 9.17) is 4.74 Å². The second-order valence-corrected chi connectivity index (χ2v) is 6.43. The minimum atomic E-state index is -0.542. The van der Waals surface area contributed by atoms with E-state index < -0.39 is 11.7 Å². The number of carbonyl (C=O) groups is 2. The summed E-state index contributed by atoms with van der Waals surface area (Å²) >= 11 is 0. The molecule has 122 valence electrons. The maximum Gasteiger partial charge on any atom is 0.412 e. The van der Waals surface area contributed by atoms with Crippen LogP contribution in [0.1, 0.15) is 34.6 Å². The Morgan fingerprint density at radius 1 is 1.05 bits per heavy atom. The van der Waals surface area contributed by atoms with E-state index in [0.717, 1.165) is 0 Å². The molecular weight excluding hydrogens is 282 g/mol. The van der Waals surface area contributed by atoms with E-state index >= 15 is 0 Å². The molecule has 0 aliphatic heterocycles. The van der Waals surface area contributed by atoms with Crippen LogP contribution in [0.5, 0.6) is 0 Å². The summed E-state index contributed by atoms with van der Waals surface area (Å²) in [7, 11) is 0. The molecule has 3 amide bonds. The fraction of sp³-hybridized carbons (Fsp3) is 0.500. The second kappa shape index (κ2) is 7.68. The molecule has 1 aromatic carbocycles. The van der Waals surface area contributed by atoms with Gasteiger partial charge in [0.2, 0.25) is 0 Å². The number of anilines is 2. The van der Waals surface area contributed by atoms with Crippen molar-refractivity contribution in [3.8, 4) is 0 Å². The third-order valence-corrected chi connectivity index (χ3v) is 2.46. The topological polar surface area (TPSA) is 79.5 Å². The number of ether oxygens (including phenoxy) is 1. The number of carbonyl (C=O) groups excluding carboxylic acids is 2. The molecule has 0 aliphatic rings. The van der Waals surface area contributed by atoms with Gasteiger partial charge in [0, 0.05) is 17.9 Å². The lowest BCUT2D eigenvalue weighted by atomic mass is 10.2. The number of rotatable bonds is 4. The Hall–Kier alpha value is -2.24. The van der Waals surface area contributed by atoms with Crippen molar-refractivity contribution in [2.75, 3.05) is 17.2 Å². The molecule has 0 spiro atoms. The van der Waals surface area contributed by atoms with Gasteiger partial charge in [0.25, 0.3) is 0 Å². The van der Waals surface area contributed by atoms with E-state index in [2.05, 4.69) is 16.0 Å². The minimum absolute atomic E-state index is 0.249. The molecule has 1 aromatic rings. The van der Waals surface area contributed by atoms with E-state index in [1.807, 2.05) is 13.8 Å². The Bertz CT molecular complexity index is 504. The van der Waals surface area contributed by atoms with Gasteiger partial charge in [-0.1, -0.05) is 13.8 Å². The lowest BCUT2D eigenvalue weighted by Gasteiger charge is -2.19. The summed E-state index contributed by atoms with van der Waals surface area (Å²) in [5.41, 5.74) is 0.707. The number of amides is 3. The zero-order chi connectivity index (χ0) is 16.8. The average Bonchev–Trinajstić information content (AvgIpc) is 2.36. The Kier molecular flexibility index (Phi) is 6.22. The van der Waals surface area contributed by atoms with Crippen LogP contribution >= 0.6 is 0 Å². The van der Waals surface area contributed by atoms with Gasteiger partial charge in [0.15, 0.2) is 0 Å². The molecule has 0 heterocycles. The Labute approximate surface area is 131 Å². The van der Waals surface area contributed by atoms with Crippen molar-refractivity contribution in [2.24, 2.45) is 5.92 Å². The normalized spacial score (nSPS) is 11.0. The predicted octanol–water partition coefficient (Wildman–Crippen LogP) is 3.81. The maximum absolute atomic E-state index is 11.6. The van der Waals surface area contributed by atoms with Crippen molar-refractivity contribution >= 4 is 23.5 Å². The number of hydrogen-bond donors (Lipinski definition) is 3. The lowest BCUT2D eigenvalue weighted by Crippen LogP contribution is -2.31. The molecule has 3 N–H and O–H groups in total. The zero-order valence-electron chi connectivity index (χ0n) is 13.8. The van der Waals surface area contributed by atoms with Crippen molar-refractivity contribution in [2.45, 2.75) is 40.2 Å². The van der Waals surface area contributed by atoms with Gasteiger partial charge in [-0.25, -0.2) is 9.59 Å². The second-order valence-electron chi connectivity index (χ2n) is 6.43. The van der Waals surface area contributed by atoms with E-state index in [1.54, 1.807) is 45.0 Å². The van der Waals surface area contributed by atoms with Crippen molar-refractivity contribution < 1.29 is 14.3 Å². The standard InChI is InChI=1S/C16H25N3O3/c1-11(2)10-17-14(20)18-12-6-8-13(9-7-12)19-15(21)22-16(3,4)5/h6-9,11H,10H2,1-5H3,(H,19,21)(H2,17,18,20). The molecular formula is C16H25N3O3. The van der Waals surface area contributed by atoms with Gasteiger partial charge in [0.05, 0.1) is 0 Å². The highest BCUT2D eigenvalue weighted by molar-refractivity contribution is 5.90. The van der Waals surface area contributed by atoms with Gasteiger partial charge in [0.1, 0.15) is 5.60 Å². The first kappa shape index (κ1) is 17.8. The highest BCUT2D eigenvalue weighted by Gasteiger charge is 2.16. The monoisotopic (exact) mass is 307 g/mol. The molecule has 0 saturated heterocycles. The first-order valence-electron chi connectivity index (χ1n) is 7.30. The fourth-order valence-corrected chi connectivity index (χ4v) is 1.53. The lowest BCUT2D eigenvalue weighted by molar-refractivity contribution is 0.0636. The molecule has 0 atom stereocenters. The highest BCUT2D eigenvalue weighted by Crippen LogP contribution is 2.15. The van der Waals surface area contributed by atoms with Crippen molar-refractivity contribution in [3.05, 3.63) is 24.3 Å². The van der Waals surface area contributed by atoms with Gasteiger partial charge in [-0.2, -0.15) is 0 Å². The Morgan fingerprint density at radius 3 is 2.00 bits per heavy atom. The van der Waals surface area contributed by atoms with Crippen LogP contribution in [-0.4, -0.2) is 24.3 Å². The molecule has 0 fully saturated rings. The van der Waals surface area contributed by atoms with Gasteiger partial charge < -0.3 is 15.4 Å². The number of benzene rings is 1. The van der Waals surface area contributed by atoms with Crippen molar-refractivity contribution in [1.82, 2.24) is 5.32 Å². The number of hydrogen-bond acceptors (Lipinski definition) is 3. The molecule has 0 unspecified atom stereocenters. The summed E-state index contributed by atoms with van der Waals surface area (Å²) in [6, 6.07) is 6.56. The predicted molar refractivity (Wildman–Crippen MR) is 88.2 cm³/mol. The number of urea groups is 1. The largest absolute Gasteiger partial charge is 0.444 e. The van der Waals surface area contributed by atoms with Crippen LogP contribution in [0.4, 0.5) is 21.0 Å². The summed E-state index contributed by atoms with van der Waals surface area (Å²) in [5, 5.41) is 8.12. The molecule has 6 nitrogen and oxygen atoms in total. The average molecular weight is 307 g/mol. The van der Waals surface area contributed by atoms with Crippen LogP contribution in [0.2, 0.25) is 0 Å². The van der Waals surface area contributed by atoms with Crippen molar-refractivity contribution in [3.63, 3.8) is 0 Å². The van der Waals surface area contributed by atoms with Gasteiger partial charge in [-0.05, 0) is 51.0 Å². The fourth-order valence-electron chi connectivity index (χ4n) is 1.53. The maximum atomic E-state index is 11.6. The molecule has 0 radical (unpaired) electrons. The van der Waals surface area contributed by atoms with Crippen LogP contribution in [0.3, 0.4) is 0 Å². The molecule has 0 saturated carbocycles. The van der Waals surface area contributed by atoms with Crippen LogP contribution in [0.25, 0.3) is 0 Å². The smallest absolute Gasteiger partial charge is 0.412 e. The van der Waals surface area contributed by atoms with Gasteiger partial charge >= 0.3 is 12.1 Å². The van der Waals surface area contributed by atoms with Crippen LogP contribution in [0.15, 0.2) is 24.3 Å². The minimum Gasteiger partial charge on any atom is -0.444 e. The first-order valence-corrected chi connectivity index (χ1v) is 7.30. The van der Waals surface area contributed by atoms with Crippen LogP contribution in [-0.2, 0) is 4.74 Å². The Balaban J connectivity index is 2.49. The zero-order valence-corrected chi connectivity index (χ0v) is 13.8. The summed E-state index contributed by atoms with van der Waals surface area (Å²) < 4.78 is 5.16. The molecule has 6 heteroatoms. The van der Waals surface area contributed by atoms with Gasteiger partial charge in [-0.15, -0.1) is 0 Å². The summed E-state index contributed by atoms with van der Waals surface area (Å²) in [4.78, 5) is 23.3. The molecule has 0 bridgehead atoms. The third kappa shape index (κ3) is 7.52. The van der Waals surface area contributed by atoms with E-state index in [0.29, 0.717) is 23.8 Å². The number of nitrogens with one attached hydrogen (secondary N) is 3. The van der Waals surface area contributed by atoms with Crippen molar-refractivity contribution in [1.29, 1.82) is 0 Å². The highest BCUT2D eigenvalue weighted by atomic mass is 16.6. The van der Waals surface area contributed by atoms with Crippen LogP contribution < -0.4 is 16.0 Å². The quantitative estimate of drug-likeness (QED) is 0.791. The summed E-state index contributed by atoms with van der Waals surface area (Å²) in [6.45, 7) is 10.1. The molecule has 0 aromatic heterocycles. The van der Waals surface area contributed by atoms with Crippen LogP contribution in [0, 0.1) is 5.92 Å². The SMILES string of the molecule is CC(C)CNC(=O)Nc1ccc(NC(=O)OC(C)(C)C)cc1. The van der Waals surface area contributed by atoms with E-state index in [9.17, 15) is 9.59 Å². The molecule has 22 heavy (non-hydrogen) atoms. The van der Waals surface area contributed by atoms with E-state index in [-0.39, 0.29) is 6.03 Å². The van der Waals surface area contributed by atoms with E-state index in [1.165, 1.54) is 0 Å².